The monoisotopic (exact) mass is 442 g/mol. The third-order valence-electron chi connectivity index (χ3n) is 5.92. The van der Waals surface area contributed by atoms with Crippen LogP contribution in [-0.2, 0) is 0 Å². The van der Waals surface area contributed by atoms with E-state index >= 15 is 0 Å². The highest BCUT2D eigenvalue weighted by Crippen LogP contribution is 2.35. The van der Waals surface area contributed by atoms with E-state index in [9.17, 15) is 14.4 Å². The standard InChI is InChI=1S/C26H22N2O3S/c1-16-8-9-17(2)22(14-16)28-25(30)19-11-10-18(15-20(19)26(28)31)24(29)27-12-5-13-32-23-7-4-3-6-21(23)27/h3-4,6-11,14-15H,5,12-13H2,1-2H3. The Kier molecular flexibility index (Phi) is 5.10. The summed E-state index contributed by atoms with van der Waals surface area (Å²) in [4.78, 5) is 43.9. The van der Waals surface area contributed by atoms with Gasteiger partial charge in [-0.25, -0.2) is 4.90 Å². The highest BCUT2D eigenvalue weighted by atomic mass is 32.2. The molecule has 160 valence electrons. The van der Waals surface area contributed by atoms with Crippen LogP contribution in [0.25, 0.3) is 0 Å². The van der Waals surface area contributed by atoms with Crippen LogP contribution in [0.1, 0.15) is 48.6 Å². The Morgan fingerprint density at radius 1 is 0.875 bits per heavy atom. The minimum absolute atomic E-state index is 0.159. The number of anilines is 2. The van der Waals surface area contributed by atoms with Crippen LogP contribution in [-0.4, -0.2) is 30.0 Å². The van der Waals surface area contributed by atoms with Gasteiger partial charge in [0.15, 0.2) is 0 Å². The fourth-order valence-corrected chi connectivity index (χ4v) is 5.24. The Morgan fingerprint density at radius 3 is 2.50 bits per heavy atom. The minimum Gasteiger partial charge on any atom is -0.307 e. The van der Waals surface area contributed by atoms with Crippen LogP contribution >= 0.6 is 11.8 Å². The lowest BCUT2D eigenvalue weighted by molar-refractivity contribution is 0.0924. The zero-order chi connectivity index (χ0) is 22.4. The summed E-state index contributed by atoms with van der Waals surface area (Å²) >= 11 is 1.75. The summed E-state index contributed by atoms with van der Waals surface area (Å²) in [5, 5.41) is 0. The van der Waals surface area contributed by atoms with E-state index in [1.807, 2.05) is 56.3 Å². The summed E-state index contributed by atoms with van der Waals surface area (Å²) in [7, 11) is 0. The zero-order valence-electron chi connectivity index (χ0n) is 17.9. The molecule has 2 heterocycles. The fraction of sp³-hybridized carbons (Fsp3) is 0.192. The molecule has 32 heavy (non-hydrogen) atoms. The lowest BCUT2D eigenvalue weighted by atomic mass is 10.0. The third-order valence-corrected chi connectivity index (χ3v) is 7.07. The Hall–Kier alpha value is -3.38. The van der Waals surface area contributed by atoms with E-state index in [-0.39, 0.29) is 23.3 Å². The van der Waals surface area contributed by atoms with Crippen LogP contribution in [0, 0.1) is 13.8 Å². The molecule has 0 radical (unpaired) electrons. The van der Waals surface area contributed by atoms with Gasteiger partial charge >= 0.3 is 0 Å². The molecular formula is C26H22N2O3S. The molecule has 0 saturated heterocycles. The molecule has 6 heteroatoms. The average molecular weight is 443 g/mol. The van der Waals surface area contributed by atoms with Gasteiger partial charge < -0.3 is 4.90 Å². The van der Waals surface area contributed by atoms with E-state index < -0.39 is 0 Å². The number of amides is 3. The predicted octanol–water partition coefficient (Wildman–Crippen LogP) is 5.25. The summed E-state index contributed by atoms with van der Waals surface area (Å²) in [6.45, 7) is 4.42. The normalized spacial score (nSPS) is 15.4. The van der Waals surface area contributed by atoms with Gasteiger partial charge in [0.25, 0.3) is 17.7 Å². The van der Waals surface area contributed by atoms with Gasteiger partial charge in [-0.15, -0.1) is 11.8 Å². The molecule has 0 aromatic heterocycles. The van der Waals surface area contributed by atoms with E-state index in [4.69, 9.17) is 0 Å². The van der Waals surface area contributed by atoms with Crippen LogP contribution in [0.3, 0.4) is 0 Å². The largest absolute Gasteiger partial charge is 0.307 e. The first-order chi connectivity index (χ1) is 15.5. The van der Waals surface area contributed by atoms with Gasteiger partial charge in [0.1, 0.15) is 0 Å². The highest BCUT2D eigenvalue weighted by molar-refractivity contribution is 7.99. The summed E-state index contributed by atoms with van der Waals surface area (Å²) in [5.41, 5.74) is 4.31. The van der Waals surface area contributed by atoms with Crippen molar-refractivity contribution in [3.8, 4) is 0 Å². The number of fused-ring (bicyclic) bond motifs is 2. The molecule has 3 aromatic carbocycles. The van der Waals surface area contributed by atoms with Gasteiger partial charge in [0, 0.05) is 17.0 Å². The van der Waals surface area contributed by atoms with Crippen LogP contribution in [0.5, 0.6) is 0 Å². The molecule has 2 aliphatic heterocycles. The molecule has 0 unspecified atom stereocenters. The molecule has 3 amide bonds. The van der Waals surface area contributed by atoms with Crippen molar-refractivity contribution in [3.05, 3.63) is 88.5 Å². The first-order valence-corrected chi connectivity index (χ1v) is 11.6. The van der Waals surface area contributed by atoms with Crippen molar-refractivity contribution in [2.75, 3.05) is 22.1 Å². The van der Waals surface area contributed by atoms with Crippen LogP contribution < -0.4 is 9.80 Å². The number of benzene rings is 3. The minimum atomic E-state index is -0.389. The Labute approximate surface area is 191 Å². The molecule has 0 fully saturated rings. The van der Waals surface area contributed by atoms with Gasteiger partial charge in [-0.1, -0.05) is 24.3 Å². The van der Waals surface area contributed by atoms with Crippen LogP contribution in [0.4, 0.5) is 11.4 Å². The number of nitrogens with zero attached hydrogens (tertiary/aromatic N) is 2. The van der Waals surface area contributed by atoms with Crippen molar-refractivity contribution in [2.45, 2.75) is 25.2 Å². The molecule has 0 saturated carbocycles. The molecule has 0 spiro atoms. The molecule has 0 N–H and O–H groups in total. The number of hydrogen-bond donors (Lipinski definition) is 0. The van der Waals surface area contributed by atoms with Gasteiger partial charge in [-0.05, 0) is 73.5 Å². The number of thioether (sulfide) groups is 1. The molecule has 5 rings (SSSR count). The van der Waals surface area contributed by atoms with Gasteiger partial charge in [0.2, 0.25) is 0 Å². The predicted molar refractivity (Wildman–Crippen MR) is 127 cm³/mol. The van der Waals surface area contributed by atoms with Crippen molar-refractivity contribution in [1.82, 2.24) is 0 Å². The molecule has 3 aromatic rings. The maximum Gasteiger partial charge on any atom is 0.266 e. The summed E-state index contributed by atoms with van der Waals surface area (Å²) in [6.07, 6.45) is 0.883. The second-order valence-electron chi connectivity index (χ2n) is 8.12. The van der Waals surface area contributed by atoms with Crippen molar-refractivity contribution >= 4 is 40.9 Å². The van der Waals surface area contributed by atoms with E-state index in [0.29, 0.717) is 23.4 Å². The Balaban J connectivity index is 1.52. The van der Waals surface area contributed by atoms with Crippen molar-refractivity contribution in [2.24, 2.45) is 0 Å². The van der Waals surface area contributed by atoms with Gasteiger partial charge in [-0.3, -0.25) is 14.4 Å². The van der Waals surface area contributed by atoms with Crippen molar-refractivity contribution in [1.29, 1.82) is 0 Å². The maximum atomic E-state index is 13.5. The summed E-state index contributed by atoms with van der Waals surface area (Å²) in [5.74, 6) is 0.0468. The van der Waals surface area contributed by atoms with Crippen molar-refractivity contribution in [3.63, 3.8) is 0 Å². The smallest absolute Gasteiger partial charge is 0.266 e. The number of rotatable bonds is 2. The number of hydrogen-bond acceptors (Lipinski definition) is 4. The third kappa shape index (κ3) is 3.31. The molecule has 0 aliphatic carbocycles. The second kappa shape index (κ2) is 7.95. The van der Waals surface area contributed by atoms with Crippen LogP contribution in [0.2, 0.25) is 0 Å². The van der Waals surface area contributed by atoms with E-state index in [2.05, 4.69) is 0 Å². The lowest BCUT2D eigenvalue weighted by Crippen LogP contribution is -2.32. The lowest BCUT2D eigenvalue weighted by Gasteiger charge is -2.22. The van der Waals surface area contributed by atoms with E-state index in [1.54, 1.807) is 34.9 Å². The summed E-state index contributed by atoms with van der Waals surface area (Å²) in [6, 6.07) is 18.4. The van der Waals surface area contributed by atoms with E-state index in [1.165, 1.54) is 4.90 Å². The number of para-hydroxylation sites is 1. The first kappa shape index (κ1) is 20.5. The molecule has 2 aliphatic rings. The molecular weight excluding hydrogens is 420 g/mol. The number of aryl methyl sites for hydroxylation is 2. The molecule has 5 nitrogen and oxygen atoms in total. The maximum absolute atomic E-state index is 13.5. The van der Waals surface area contributed by atoms with Crippen molar-refractivity contribution < 1.29 is 14.4 Å². The first-order valence-electron chi connectivity index (χ1n) is 10.6. The average Bonchev–Trinajstić information content (AvgIpc) is 2.94. The number of imide groups is 1. The van der Waals surface area contributed by atoms with Gasteiger partial charge in [0.05, 0.1) is 22.5 Å². The van der Waals surface area contributed by atoms with Gasteiger partial charge in [-0.2, -0.15) is 0 Å². The second-order valence-corrected chi connectivity index (χ2v) is 9.26. The van der Waals surface area contributed by atoms with Crippen LogP contribution in [0.15, 0.2) is 65.6 Å². The SMILES string of the molecule is Cc1ccc(C)c(N2C(=O)c3ccc(C(=O)N4CCCSc5ccccc54)cc3C2=O)c1. The topological polar surface area (TPSA) is 57.7 Å². The Bertz CT molecular complexity index is 1280. The highest BCUT2D eigenvalue weighted by Gasteiger charge is 2.38. The molecule has 0 atom stereocenters. The zero-order valence-corrected chi connectivity index (χ0v) is 18.7. The Morgan fingerprint density at radius 2 is 1.66 bits per heavy atom. The quantitative estimate of drug-likeness (QED) is 0.509. The molecule has 0 bridgehead atoms. The fourth-order valence-electron chi connectivity index (χ4n) is 4.25. The van der Waals surface area contributed by atoms with E-state index in [0.717, 1.165) is 33.9 Å². The number of carbonyl (C=O) groups is 3. The number of carbonyl (C=O) groups excluding carboxylic acids is 3. The summed E-state index contributed by atoms with van der Waals surface area (Å²) < 4.78 is 0.